The fourth-order valence-corrected chi connectivity index (χ4v) is 4.54. The maximum atomic E-state index is 13.3. The molecule has 0 N–H and O–H groups in total. The lowest BCUT2D eigenvalue weighted by atomic mass is 10.2. The zero-order valence-electron chi connectivity index (χ0n) is 17.6. The van der Waals surface area contributed by atoms with Gasteiger partial charge in [0, 0.05) is 17.7 Å². The van der Waals surface area contributed by atoms with Crippen LogP contribution in [0.25, 0.3) is 0 Å². The average molecular weight is 491 g/mol. The molecule has 0 aliphatic heterocycles. The third kappa shape index (κ3) is 7.28. The number of hydrogen-bond acceptors (Lipinski definition) is 8. The summed E-state index contributed by atoms with van der Waals surface area (Å²) in [6.07, 6.45) is -4.60. The van der Waals surface area contributed by atoms with Crippen LogP contribution >= 0.6 is 7.60 Å². The standard InChI is InChI=1S/C20H21F3NO8P/c1-3-30-33(28,31-4-2)19(14-7-5-9-16(11-14)24(26)27)32-18(25)13-29-17-10-6-8-15(12-17)20(21,22)23/h5-12,19H,3-4,13H2,1-2H3. The highest BCUT2D eigenvalue weighted by Crippen LogP contribution is 2.61. The molecule has 9 nitrogen and oxygen atoms in total. The summed E-state index contributed by atoms with van der Waals surface area (Å²) < 4.78 is 72.6. The molecule has 2 aromatic carbocycles. The predicted octanol–water partition coefficient (Wildman–Crippen LogP) is 5.50. The molecule has 2 aromatic rings. The van der Waals surface area contributed by atoms with Crippen LogP contribution in [0.2, 0.25) is 0 Å². The Morgan fingerprint density at radius 3 is 2.30 bits per heavy atom. The van der Waals surface area contributed by atoms with Gasteiger partial charge in [-0.05, 0) is 32.0 Å². The van der Waals surface area contributed by atoms with E-state index in [0.29, 0.717) is 6.07 Å². The minimum atomic E-state index is -4.60. The molecule has 0 aromatic heterocycles. The zero-order chi connectivity index (χ0) is 24.6. The Morgan fingerprint density at radius 2 is 1.73 bits per heavy atom. The van der Waals surface area contributed by atoms with E-state index in [1.54, 1.807) is 0 Å². The van der Waals surface area contributed by atoms with Gasteiger partial charge in [-0.3, -0.25) is 14.7 Å². The summed E-state index contributed by atoms with van der Waals surface area (Å²) in [6.45, 7) is 2.05. The van der Waals surface area contributed by atoms with Gasteiger partial charge >= 0.3 is 19.7 Å². The lowest BCUT2D eigenvalue weighted by Crippen LogP contribution is -2.20. The van der Waals surface area contributed by atoms with Crippen molar-refractivity contribution in [3.63, 3.8) is 0 Å². The molecule has 0 amide bonds. The van der Waals surface area contributed by atoms with E-state index < -0.39 is 42.7 Å². The topological polar surface area (TPSA) is 114 Å². The summed E-state index contributed by atoms with van der Waals surface area (Å²) in [5.74, 6) is -3.02. The summed E-state index contributed by atoms with van der Waals surface area (Å²) in [6, 6.07) is 8.74. The van der Waals surface area contributed by atoms with Crippen molar-refractivity contribution in [1.82, 2.24) is 0 Å². The van der Waals surface area contributed by atoms with Crippen molar-refractivity contribution in [3.8, 4) is 5.75 Å². The lowest BCUT2D eigenvalue weighted by Gasteiger charge is -2.26. The number of halogens is 3. The average Bonchev–Trinajstić information content (AvgIpc) is 2.76. The van der Waals surface area contributed by atoms with Crippen molar-refractivity contribution in [2.75, 3.05) is 19.8 Å². The fraction of sp³-hybridized carbons (Fsp3) is 0.350. The Balaban J connectivity index is 2.27. The number of alkyl halides is 3. The second-order valence-electron chi connectivity index (χ2n) is 6.38. The highest BCUT2D eigenvalue weighted by atomic mass is 31.2. The molecule has 0 saturated carbocycles. The van der Waals surface area contributed by atoms with Crippen LogP contribution in [0.15, 0.2) is 48.5 Å². The first-order chi connectivity index (χ1) is 15.5. The molecule has 0 fully saturated rings. The Kier molecular flexibility index (Phi) is 8.98. The monoisotopic (exact) mass is 491 g/mol. The number of esters is 1. The molecular weight excluding hydrogens is 470 g/mol. The second-order valence-corrected chi connectivity index (χ2v) is 8.45. The van der Waals surface area contributed by atoms with E-state index in [0.717, 1.165) is 18.2 Å². The van der Waals surface area contributed by atoms with Crippen molar-refractivity contribution in [2.24, 2.45) is 0 Å². The fourth-order valence-electron chi connectivity index (χ4n) is 2.70. The number of nitro groups is 1. The van der Waals surface area contributed by atoms with Gasteiger partial charge < -0.3 is 18.5 Å². The molecule has 0 radical (unpaired) electrons. The maximum absolute atomic E-state index is 13.3. The van der Waals surface area contributed by atoms with E-state index in [9.17, 15) is 32.6 Å². The quantitative estimate of drug-likeness (QED) is 0.175. The Hall–Kier alpha value is -2.95. The maximum Gasteiger partial charge on any atom is 0.416 e. The van der Waals surface area contributed by atoms with Crippen molar-refractivity contribution in [1.29, 1.82) is 0 Å². The third-order valence-electron chi connectivity index (χ3n) is 4.03. The molecule has 33 heavy (non-hydrogen) atoms. The first-order valence-electron chi connectivity index (χ1n) is 9.62. The Morgan fingerprint density at radius 1 is 1.09 bits per heavy atom. The molecule has 180 valence electrons. The van der Waals surface area contributed by atoms with Crippen LogP contribution in [0, 0.1) is 10.1 Å². The van der Waals surface area contributed by atoms with Crippen LogP contribution in [0.3, 0.4) is 0 Å². The largest absolute Gasteiger partial charge is 0.482 e. The number of non-ortho nitro benzene ring substituents is 1. The van der Waals surface area contributed by atoms with Crippen LogP contribution in [0.4, 0.5) is 18.9 Å². The molecule has 0 spiro atoms. The molecule has 13 heteroatoms. The minimum absolute atomic E-state index is 0.0261. The first-order valence-corrected chi connectivity index (χ1v) is 11.2. The van der Waals surface area contributed by atoms with Crippen molar-refractivity contribution in [3.05, 3.63) is 69.8 Å². The van der Waals surface area contributed by atoms with Crippen LogP contribution in [-0.2, 0) is 29.3 Å². The van der Waals surface area contributed by atoms with Gasteiger partial charge in [0.15, 0.2) is 6.61 Å². The van der Waals surface area contributed by atoms with Crippen molar-refractivity contribution < 1.29 is 46.0 Å². The number of hydrogen-bond donors (Lipinski definition) is 0. The van der Waals surface area contributed by atoms with E-state index in [1.807, 2.05) is 0 Å². The second kappa shape index (κ2) is 11.3. The molecule has 2 rings (SSSR count). The molecule has 1 unspecified atom stereocenters. The van der Waals surface area contributed by atoms with E-state index in [2.05, 4.69) is 0 Å². The van der Waals surface area contributed by atoms with Gasteiger partial charge in [-0.1, -0.05) is 18.2 Å². The lowest BCUT2D eigenvalue weighted by molar-refractivity contribution is -0.385. The molecule has 0 heterocycles. The highest BCUT2D eigenvalue weighted by Gasteiger charge is 2.41. The van der Waals surface area contributed by atoms with E-state index in [4.69, 9.17) is 18.5 Å². The zero-order valence-corrected chi connectivity index (χ0v) is 18.5. The summed E-state index contributed by atoms with van der Waals surface area (Å²) >= 11 is 0. The number of nitrogens with zero attached hydrogens (tertiary/aromatic N) is 1. The number of carbonyl (C=O) groups is 1. The van der Waals surface area contributed by atoms with Gasteiger partial charge in [-0.2, -0.15) is 13.2 Å². The molecular formula is C20H21F3NO8P. The van der Waals surface area contributed by atoms with Gasteiger partial charge in [-0.25, -0.2) is 4.79 Å². The summed E-state index contributed by atoms with van der Waals surface area (Å²) in [5.41, 5.74) is -1.35. The van der Waals surface area contributed by atoms with E-state index >= 15 is 0 Å². The van der Waals surface area contributed by atoms with Gasteiger partial charge in [0.05, 0.1) is 23.7 Å². The number of rotatable bonds is 11. The van der Waals surface area contributed by atoms with Gasteiger partial charge in [0.25, 0.3) is 5.69 Å². The van der Waals surface area contributed by atoms with Crippen LogP contribution in [-0.4, -0.2) is 30.7 Å². The van der Waals surface area contributed by atoms with E-state index in [1.165, 1.54) is 38.1 Å². The smallest absolute Gasteiger partial charge is 0.416 e. The summed E-state index contributed by atoms with van der Waals surface area (Å²) in [5, 5.41) is 11.1. The highest BCUT2D eigenvalue weighted by molar-refractivity contribution is 7.54. The van der Waals surface area contributed by atoms with Crippen LogP contribution in [0.1, 0.15) is 30.8 Å². The normalized spacial score (nSPS) is 12.8. The Labute approximate surface area is 187 Å². The SMILES string of the molecule is CCOP(=O)(OCC)C(OC(=O)COc1cccc(C(F)(F)F)c1)c1cccc([N+](=O)[O-])c1. The van der Waals surface area contributed by atoms with Crippen LogP contribution < -0.4 is 4.74 Å². The third-order valence-corrected chi connectivity index (χ3v) is 6.25. The number of ether oxygens (including phenoxy) is 2. The predicted molar refractivity (Wildman–Crippen MR) is 110 cm³/mol. The van der Waals surface area contributed by atoms with Gasteiger partial charge in [0.1, 0.15) is 5.75 Å². The molecule has 0 aliphatic carbocycles. The number of carbonyl (C=O) groups excluding carboxylic acids is 1. The molecule has 0 aliphatic rings. The molecule has 0 bridgehead atoms. The Bertz CT molecular complexity index is 1020. The van der Waals surface area contributed by atoms with Gasteiger partial charge in [-0.15, -0.1) is 0 Å². The molecule has 0 saturated heterocycles. The van der Waals surface area contributed by atoms with Crippen molar-refractivity contribution in [2.45, 2.75) is 25.9 Å². The minimum Gasteiger partial charge on any atom is -0.482 e. The number of nitro benzene ring substituents is 1. The summed E-state index contributed by atoms with van der Waals surface area (Å²) in [4.78, 5) is 22.9. The van der Waals surface area contributed by atoms with Gasteiger partial charge in [0.2, 0.25) is 5.85 Å². The molecule has 1 atom stereocenters. The van der Waals surface area contributed by atoms with Crippen LogP contribution in [0.5, 0.6) is 5.75 Å². The van der Waals surface area contributed by atoms with E-state index in [-0.39, 0.29) is 30.2 Å². The van der Waals surface area contributed by atoms with Crippen molar-refractivity contribution >= 4 is 19.3 Å². The number of benzene rings is 2. The summed E-state index contributed by atoms with van der Waals surface area (Å²) in [7, 11) is -4.15. The first kappa shape index (κ1) is 26.3.